The molecule has 0 atom stereocenters. The first-order valence-electron chi connectivity index (χ1n) is 9.72. The maximum Gasteiger partial charge on any atom is 0.257 e. The van der Waals surface area contributed by atoms with Gasteiger partial charge in [0, 0.05) is 37.1 Å². The third-order valence-corrected chi connectivity index (χ3v) is 6.68. The minimum atomic E-state index is -0.214. The molecule has 1 aromatic heterocycles. The number of amides is 3. The number of carbonyl (C=O) groups is 3. The van der Waals surface area contributed by atoms with E-state index >= 15 is 0 Å². The van der Waals surface area contributed by atoms with Crippen molar-refractivity contribution < 1.29 is 24.2 Å². The molecule has 3 amide bonds. The molecule has 4 rings (SSSR count). The Balaban J connectivity index is 1.65. The normalized spacial score (nSPS) is 16.3. The zero-order valence-electron chi connectivity index (χ0n) is 17.1. The Morgan fingerprint density at radius 3 is 2.70 bits per heavy atom. The summed E-state index contributed by atoms with van der Waals surface area (Å²) in [5, 5.41) is 10.6. The number of fused-ring (bicyclic) bond motifs is 3. The van der Waals surface area contributed by atoms with E-state index in [9.17, 15) is 19.5 Å². The summed E-state index contributed by atoms with van der Waals surface area (Å²) >= 11 is 1.39. The van der Waals surface area contributed by atoms with Gasteiger partial charge in [-0.05, 0) is 31.0 Å². The highest BCUT2D eigenvalue weighted by atomic mass is 32.1. The van der Waals surface area contributed by atoms with Crippen LogP contribution in [0.2, 0.25) is 0 Å². The minimum Gasteiger partial charge on any atom is -0.508 e. The molecule has 0 spiro atoms. The van der Waals surface area contributed by atoms with Gasteiger partial charge in [-0.3, -0.25) is 14.4 Å². The van der Waals surface area contributed by atoms with Crippen LogP contribution in [0.15, 0.2) is 18.2 Å². The molecule has 0 radical (unpaired) electrons. The fraction of sp³-hybridized carbons (Fsp3) is 0.381. The van der Waals surface area contributed by atoms with Gasteiger partial charge in [-0.2, -0.15) is 0 Å². The van der Waals surface area contributed by atoms with Crippen molar-refractivity contribution in [2.24, 2.45) is 0 Å². The highest BCUT2D eigenvalue weighted by molar-refractivity contribution is 7.17. The number of thiophene rings is 1. The number of aromatic hydroxyl groups is 1. The van der Waals surface area contributed by atoms with Crippen molar-refractivity contribution in [3.05, 3.63) is 39.8 Å². The lowest BCUT2D eigenvalue weighted by Gasteiger charge is -2.28. The summed E-state index contributed by atoms with van der Waals surface area (Å²) in [4.78, 5) is 43.9. The number of anilines is 1. The molecule has 3 heterocycles. The van der Waals surface area contributed by atoms with Gasteiger partial charge in [0.05, 0.1) is 18.7 Å². The van der Waals surface area contributed by atoms with Crippen LogP contribution in [0.3, 0.4) is 0 Å². The molecule has 8 nitrogen and oxygen atoms in total. The summed E-state index contributed by atoms with van der Waals surface area (Å²) in [6.07, 6.45) is 0.533. The molecule has 0 bridgehead atoms. The van der Waals surface area contributed by atoms with Crippen LogP contribution in [0.4, 0.5) is 5.00 Å². The predicted molar refractivity (Wildman–Crippen MR) is 112 cm³/mol. The molecule has 0 aliphatic carbocycles. The molecule has 0 saturated carbocycles. The van der Waals surface area contributed by atoms with E-state index in [-0.39, 0.29) is 30.0 Å². The number of phenolic OH excluding ortho intramolecular Hbond substituents is 1. The molecule has 9 heteroatoms. The number of likely N-dealkylation sites (N-methyl/N-ethyl adjacent to an activating group) is 2. The van der Waals surface area contributed by atoms with Gasteiger partial charge in [0.1, 0.15) is 23.0 Å². The lowest BCUT2D eigenvalue weighted by molar-refractivity contribution is -0.118. The van der Waals surface area contributed by atoms with Crippen LogP contribution in [-0.2, 0) is 17.8 Å². The van der Waals surface area contributed by atoms with Gasteiger partial charge in [-0.15, -0.1) is 11.3 Å². The Hall–Kier alpha value is -3.07. The molecular formula is C21H23N3O5S. The number of nitrogens with zero attached hydrogens (tertiary/aromatic N) is 3. The first-order valence-corrected chi connectivity index (χ1v) is 10.5. The topological polar surface area (TPSA) is 90.4 Å². The fourth-order valence-corrected chi connectivity index (χ4v) is 5.18. The molecule has 1 aromatic carbocycles. The quantitative estimate of drug-likeness (QED) is 0.807. The molecule has 158 valence electrons. The van der Waals surface area contributed by atoms with Crippen LogP contribution in [0, 0.1) is 0 Å². The second kappa shape index (κ2) is 7.64. The number of hydrogen-bond donors (Lipinski definition) is 1. The standard InChI is InChI=1S/C21H23N3O5S/c1-4-29-14-8-12(7-13(25)9-14)19(27)24-6-5-15-16(10-24)30-21-18(15)20(28)22(2)11-17(26)23(21)3/h7-9,25H,4-6,10-11H2,1-3H3. The van der Waals surface area contributed by atoms with Gasteiger partial charge in [0.15, 0.2) is 0 Å². The van der Waals surface area contributed by atoms with Gasteiger partial charge in [-0.1, -0.05) is 0 Å². The molecule has 0 unspecified atom stereocenters. The van der Waals surface area contributed by atoms with Gasteiger partial charge >= 0.3 is 0 Å². The van der Waals surface area contributed by atoms with Crippen LogP contribution >= 0.6 is 11.3 Å². The first kappa shape index (κ1) is 20.2. The number of benzene rings is 1. The van der Waals surface area contributed by atoms with Gasteiger partial charge in [0.2, 0.25) is 5.91 Å². The lowest BCUT2D eigenvalue weighted by Crippen LogP contribution is -2.37. The van der Waals surface area contributed by atoms with E-state index in [1.54, 1.807) is 25.1 Å². The molecule has 2 aliphatic rings. The molecule has 0 saturated heterocycles. The summed E-state index contributed by atoms with van der Waals surface area (Å²) in [5.74, 6) is -0.101. The summed E-state index contributed by atoms with van der Waals surface area (Å²) in [5.41, 5.74) is 1.85. The fourth-order valence-electron chi connectivity index (χ4n) is 3.84. The molecular weight excluding hydrogens is 406 g/mol. The van der Waals surface area contributed by atoms with Crippen molar-refractivity contribution in [3.8, 4) is 11.5 Å². The first-order chi connectivity index (χ1) is 14.3. The van der Waals surface area contributed by atoms with Crippen molar-refractivity contribution in [2.75, 3.05) is 38.7 Å². The van der Waals surface area contributed by atoms with Crippen molar-refractivity contribution >= 4 is 34.1 Å². The maximum atomic E-state index is 13.1. The third-order valence-electron chi connectivity index (χ3n) is 5.39. The average Bonchev–Trinajstić information content (AvgIpc) is 3.07. The van der Waals surface area contributed by atoms with E-state index in [2.05, 4.69) is 0 Å². The van der Waals surface area contributed by atoms with Gasteiger partial charge in [0.25, 0.3) is 11.8 Å². The highest BCUT2D eigenvalue weighted by Crippen LogP contribution is 2.41. The van der Waals surface area contributed by atoms with E-state index in [0.29, 0.717) is 48.0 Å². The number of rotatable bonds is 3. The summed E-state index contributed by atoms with van der Waals surface area (Å²) in [6.45, 7) is 3.11. The Bertz CT molecular complexity index is 1050. The second-order valence-electron chi connectivity index (χ2n) is 7.42. The van der Waals surface area contributed by atoms with Crippen molar-refractivity contribution in [1.82, 2.24) is 9.80 Å². The zero-order chi connectivity index (χ0) is 21.6. The Morgan fingerprint density at radius 1 is 1.20 bits per heavy atom. The molecule has 2 aliphatic heterocycles. The van der Waals surface area contributed by atoms with Gasteiger partial charge in [-0.25, -0.2) is 0 Å². The van der Waals surface area contributed by atoms with Crippen molar-refractivity contribution in [3.63, 3.8) is 0 Å². The van der Waals surface area contributed by atoms with E-state index in [4.69, 9.17) is 4.74 Å². The zero-order valence-corrected chi connectivity index (χ0v) is 17.9. The third kappa shape index (κ3) is 3.39. The number of phenols is 1. The monoisotopic (exact) mass is 429 g/mol. The lowest BCUT2D eigenvalue weighted by atomic mass is 10.0. The number of carbonyl (C=O) groups excluding carboxylic acids is 3. The van der Waals surface area contributed by atoms with Crippen LogP contribution in [-0.4, -0.2) is 66.4 Å². The van der Waals surface area contributed by atoms with Crippen molar-refractivity contribution in [1.29, 1.82) is 0 Å². The average molecular weight is 429 g/mol. The Kier molecular flexibility index (Phi) is 5.15. The second-order valence-corrected chi connectivity index (χ2v) is 8.51. The van der Waals surface area contributed by atoms with E-state index in [1.807, 2.05) is 6.92 Å². The SMILES string of the molecule is CCOc1cc(O)cc(C(=O)N2CCc3c(sc4c3C(=O)N(C)CC(=O)N4C)C2)c1. The van der Waals surface area contributed by atoms with Crippen LogP contribution in [0.5, 0.6) is 11.5 Å². The van der Waals surface area contributed by atoms with Crippen LogP contribution in [0.25, 0.3) is 0 Å². The van der Waals surface area contributed by atoms with Crippen LogP contribution in [0.1, 0.15) is 38.1 Å². The molecule has 1 N–H and O–H groups in total. The molecule has 2 aromatic rings. The Labute approximate surface area is 178 Å². The summed E-state index contributed by atoms with van der Waals surface area (Å²) in [6, 6.07) is 4.52. The van der Waals surface area contributed by atoms with E-state index < -0.39 is 0 Å². The van der Waals surface area contributed by atoms with Crippen LogP contribution < -0.4 is 9.64 Å². The van der Waals surface area contributed by atoms with E-state index in [0.717, 1.165) is 10.4 Å². The highest BCUT2D eigenvalue weighted by Gasteiger charge is 2.36. The largest absolute Gasteiger partial charge is 0.508 e. The molecule has 0 fully saturated rings. The minimum absolute atomic E-state index is 0.0291. The predicted octanol–water partition coefficient (Wildman–Crippen LogP) is 2.10. The van der Waals surface area contributed by atoms with Gasteiger partial charge < -0.3 is 24.5 Å². The number of ether oxygens (including phenoxy) is 1. The summed E-state index contributed by atoms with van der Waals surface area (Å²) < 4.78 is 5.42. The smallest absolute Gasteiger partial charge is 0.257 e. The maximum absolute atomic E-state index is 13.1. The van der Waals surface area contributed by atoms with E-state index in [1.165, 1.54) is 33.3 Å². The van der Waals surface area contributed by atoms with Crippen molar-refractivity contribution in [2.45, 2.75) is 19.9 Å². The summed E-state index contributed by atoms with van der Waals surface area (Å²) in [7, 11) is 3.31. The Morgan fingerprint density at radius 2 is 1.97 bits per heavy atom. The number of hydrogen-bond acceptors (Lipinski definition) is 6. The molecule has 30 heavy (non-hydrogen) atoms.